The van der Waals surface area contributed by atoms with Crippen molar-refractivity contribution in [3.05, 3.63) is 40.1 Å². The van der Waals surface area contributed by atoms with Crippen LogP contribution in [0.3, 0.4) is 0 Å². The number of carbonyl (C=O) groups is 1. The molecule has 1 saturated carbocycles. The second-order valence-corrected chi connectivity index (χ2v) is 7.86. The van der Waals surface area contributed by atoms with E-state index in [1.54, 1.807) is 11.3 Å². The highest BCUT2D eigenvalue weighted by Crippen LogP contribution is 2.30. The maximum Gasteiger partial charge on any atom is 0.230 e. The number of amides is 1. The van der Waals surface area contributed by atoms with Gasteiger partial charge in [-0.1, -0.05) is 6.42 Å². The lowest BCUT2D eigenvalue weighted by atomic mass is 9.85. The summed E-state index contributed by atoms with van der Waals surface area (Å²) >= 11 is 1.72. The van der Waals surface area contributed by atoms with Gasteiger partial charge in [-0.15, -0.1) is 0 Å². The third-order valence-corrected chi connectivity index (χ3v) is 6.03. The SMILES string of the molecule is Cn1cnc2c1[C@H](C(=O)NCC1CCC1)CN(Cc1ccsc1)C2. The molecule has 1 aliphatic carbocycles. The molecular formula is C18H24N4OS. The van der Waals surface area contributed by atoms with E-state index in [0.29, 0.717) is 5.92 Å². The van der Waals surface area contributed by atoms with Gasteiger partial charge in [0.05, 0.1) is 23.6 Å². The molecule has 0 unspecified atom stereocenters. The van der Waals surface area contributed by atoms with E-state index in [1.807, 2.05) is 17.9 Å². The Morgan fingerprint density at radius 3 is 3.04 bits per heavy atom. The maximum absolute atomic E-state index is 12.8. The summed E-state index contributed by atoms with van der Waals surface area (Å²) in [5, 5.41) is 7.47. The van der Waals surface area contributed by atoms with Gasteiger partial charge in [0.1, 0.15) is 0 Å². The number of hydrogen-bond donors (Lipinski definition) is 1. The van der Waals surface area contributed by atoms with Crippen molar-refractivity contribution in [3.63, 3.8) is 0 Å². The van der Waals surface area contributed by atoms with Crippen LogP contribution in [0.5, 0.6) is 0 Å². The standard InChI is InChI=1S/C18H24N4OS/c1-21-12-20-16-10-22(8-14-5-6-24-11-14)9-15(17(16)21)18(23)19-7-13-3-2-4-13/h5-6,11-13,15H,2-4,7-10H2,1H3,(H,19,23)/t15-/m1/s1. The molecule has 128 valence electrons. The Morgan fingerprint density at radius 1 is 1.46 bits per heavy atom. The first-order valence-electron chi connectivity index (χ1n) is 8.72. The highest BCUT2D eigenvalue weighted by atomic mass is 32.1. The van der Waals surface area contributed by atoms with Crippen molar-refractivity contribution in [2.75, 3.05) is 13.1 Å². The van der Waals surface area contributed by atoms with Gasteiger partial charge in [-0.3, -0.25) is 9.69 Å². The molecule has 2 aromatic rings. The fraction of sp³-hybridized carbons (Fsp3) is 0.556. The molecule has 2 aromatic heterocycles. The van der Waals surface area contributed by atoms with E-state index in [9.17, 15) is 4.79 Å². The van der Waals surface area contributed by atoms with Gasteiger partial charge in [0.25, 0.3) is 0 Å². The van der Waals surface area contributed by atoms with Gasteiger partial charge < -0.3 is 9.88 Å². The third-order valence-electron chi connectivity index (χ3n) is 5.30. The van der Waals surface area contributed by atoms with Crippen molar-refractivity contribution < 1.29 is 4.79 Å². The monoisotopic (exact) mass is 344 g/mol. The van der Waals surface area contributed by atoms with Crippen LogP contribution in [0.4, 0.5) is 0 Å². The zero-order chi connectivity index (χ0) is 16.5. The molecule has 1 N–H and O–H groups in total. The van der Waals surface area contributed by atoms with Crippen molar-refractivity contribution in [2.45, 2.75) is 38.3 Å². The van der Waals surface area contributed by atoms with Gasteiger partial charge in [0.2, 0.25) is 5.91 Å². The summed E-state index contributed by atoms with van der Waals surface area (Å²) in [6.45, 7) is 3.29. The molecule has 6 heteroatoms. The van der Waals surface area contributed by atoms with Gasteiger partial charge in [0.15, 0.2) is 0 Å². The first-order valence-corrected chi connectivity index (χ1v) is 9.66. The van der Waals surface area contributed by atoms with Crippen molar-refractivity contribution in [1.29, 1.82) is 0 Å². The molecule has 1 atom stereocenters. The van der Waals surface area contributed by atoms with Crippen LogP contribution in [0, 0.1) is 5.92 Å². The minimum Gasteiger partial charge on any atom is -0.355 e. The summed E-state index contributed by atoms with van der Waals surface area (Å²) in [6, 6.07) is 2.16. The van der Waals surface area contributed by atoms with Crippen molar-refractivity contribution in [1.82, 2.24) is 19.8 Å². The Hall–Kier alpha value is -1.66. The average Bonchev–Trinajstić information content (AvgIpc) is 3.15. The van der Waals surface area contributed by atoms with Crippen LogP contribution >= 0.6 is 11.3 Å². The Morgan fingerprint density at radius 2 is 2.33 bits per heavy atom. The summed E-state index contributed by atoms with van der Waals surface area (Å²) in [7, 11) is 1.99. The summed E-state index contributed by atoms with van der Waals surface area (Å²) < 4.78 is 2.02. The summed E-state index contributed by atoms with van der Waals surface area (Å²) in [6.07, 6.45) is 5.66. The van der Waals surface area contributed by atoms with Gasteiger partial charge in [-0.2, -0.15) is 11.3 Å². The van der Waals surface area contributed by atoms with E-state index in [-0.39, 0.29) is 11.8 Å². The van der Waals surface area contributed by atoms with Crippen LogP contribution in [-0.4, -0.2) is 33.4 Å². The maximum atomic E-state index is 12.8. The van der Waals surface area contributed by atoms with Crippen molar-refractivity contribution >= 4 is 17.2 Å². The summed E-state index contributed by atoms with van der Waals surface area (Å²) in [4.78, 5) is 19.7. The molecule has 2 aliphatic rings. The highest BCUT2D eigenvalue weighted by molar-refractivity contribution is 7.07. The molecule has 0 aromatic carbocycles. The molecule has 5 nitrogen and oxygen atoms in total. The Bertz CT molecular complexity index is 705. The van der Waals surface area contributed by atoms with E-state index in [1.165, 1.54) is 24.8 Å². The molecule has 0 saturated heterocycles. The first kappa shape index (κ1) is 15.8. The Labute approximate surface area is 146 Å². The van der Waals surface area contributed by atoms with E-state index in [4.69, 9.17) is 0 Å². The number of aromatic nitrogens is 2. The molecule has 1 aliphatic heterocycles. The molecule has 1 amide bonds. The normalized spacial score (nSPS) is 21.3. The number of fused-ring (bicyclic) bond motifs is 1. The van der Waals surface area contributed by atoms with E-state index in [2.05, 4.69) is 32.0 Å². The minimum atomic E-state index is -0.125. The van der Waals surface area contributed by atoms with Crippen molar-refractivity contribution in [2.24, 2.45) is 13.0 Å². The zero-order valence-electron chi connectivity index (χ0n) is 14.1. The summed E-state index contributed by atoms with van der Waals surface area (Å²) in [5.74, 6) is 0.715. The lowest BCUT2D eigenvalue weighted by molar-refractivity contribution is -0.123. The van der Waals surface area contributed by atoms with Crippen LogP contribution in [0.25, 0.3) is 0 Å². The lowest BCUT2D eigenvalue weighted by Gasteiger charge is -2.33. The van der Waals surface area contributed by atoms with Crippen LogP contribution in [0.2, 0.25) is 0 Å². The van der Waals surface area contributed by atoms with Gasteiger partial charge >= 0.3 is 0 Å². The predicted octanol–water partition coefficient (Wildman–Crippen LogP) is 2.50. The smallest absolute Gasteiger partial charge is 0.230 e. The fourth-order valence-electron chi connectivity index (χ4n) is 3.71. The Balaban J connectivity index is 1.49. The number of thiophene rings is 1. The molecule has 24 heavy (non-hydrogen) atoms. The van der Waals surface area contributed by atoms with Crippen LogP contribution < -0.4 is 5.32 Å². The van der Waals surface area contributed by atoms with E-state index >= 15 is 0 Å². The number of imidazole rings is 1. The van der Waals surface area contributed by atoms with E-state index in [0.717, 1.165) is 37.6 Å². The predicted molar refractivity (Wildman–Crippen MR) is 94.7 cm³/mol. The molecule has 0 spiro atoms. The number of aryl methyl sites for hydroxylation is 1. The molecule has 4 rings (SSSR count). The fourth-order valence-corrected chi connectivity index (χ4v) is 4.37. The quantitative estimate of drug-likeness (QED) is 0.907. The van der Waals surface area contributed by atoms with Gasteiger partial charge in [-0.05, 0) is 41.1 Å². The number of carbonyl (C=O) groups excluding carboxylic acids is 1. The second-order valence-electron chi connectivity index (χ2n) is 7.08. The molecule has 1 fully saturated rings. The molecule has 0 bridgehead atoms. The second kappa shape index (κ2) is 6.69. The van der Waals surface area contributed by atoms with E-state index < -0.39 is 0 Å². The van der Waals surface area contributed by atoms with Crippen molar-refractivity contribution in [3.8, 4) is 0 Å². The summed E-state index contributed by atoms with van der Waals surface area (Å²) in [5.41, 5.74) is 3.44. The van der Waals surface area contributed by atoms with Crippen LogP contribution in [0.1, 0.15) is 42.1 Å². The highest BCUT2D eigenvalue weighted by Gasteiger charge is 2.34. The minimum absolute atomic E-state index is 0.125. The number of hydrogen-bond acceptors (Lipinski definition) is 4. The first-order chi connectivity index (χ1) is 11.7. The number of rotatable bonds is 5. The number of nitrogens with one attached hydrogen (secondary N) is 1. The third kappa shape index (κ3) is 3.13. The molecule has 0 radical (unpaired) electrons. The largest absolute Gasteiger partial charge is 0.355 e. The molecule has 3 heterocycles. The average molecular weight is 344 g/mol. The zero-order valence-corrected chi connectivity index (χ0v) is 14.9. The molecular weight excluding hydrogens is 320 g/mol. The van der Waals surface area contributed by atoms with Crippen LogP contribution in [0.15, 0.2) is 23.2 Å². The van der Waals surface area contributed by atoms with Crippen LogP contribution in [-0.2, 0) is 24.9 Å². The van der Waals surface area contributed by atoms with Gasteiger partial charge in [0, 0.05) is 33.2 Å². The number of nitrogens with zero attached hydrogens (tertiary/aromatic N) is 3. The lowest BCUT2D eigenvalue weighted by Crippen LogP contribution is -2.43. The van der Waals surface area contributed by atoms with Gasteiger partial charge in [-0.25, -0.2) is 4.98 Å². The topological polar surface area (TPSA) is 50.2 Å². The Kier molecular flexibility index (Phi) is 4.41.